The quantitative estimate of drug-likeness (QED) is 0.656. The Kier molecular flexibility index (Phi) is 4.86. The van der Waals surface area contributed by atoms with Gasteiger partial charge < -0.3 is 0 Å². The zero-order chi connectivity index (χ0) is 14.7. The molecule has 0 bridgehead atoms. The highest BCUT2D eigenvalue weighted by Crippen LogP contribution is 2.24. The first-order chi connectivity index (χ1) is 9.51. The molecule has 106 valence electrons. The van der Waals surface area contributed by atoms with Gasteiger partial charge in [0.25, 0.3) is 0 Å². The van der Waals surface area contributed by atoms with Crippen molar-refractivity contribution >= 4 is 15.9 Å². The fourth-order valence-corrected chi connectivity index (χ4v) is 2.62. The minimum Gasteiger partial charge on any atom is -0.271 e. The summed E-state index contributed by atoms with van der Waals surface area (Å²) in [5.41, 5.74) is 5.42. The molecule has 0 aliphatic rings. The molecular weight excluding hydrogens is 326 g/mol. The first-order valence-corrected chi connectivity index (χ1v) is 6.96. The van der Waals surface area contributed by atoms with E-state index in [4.69, 9.17) is 5.84 Å². The van der Waals surface area contributed by atoms with Gasteiger partial charge in [-0.25, -0.2) is 8.78 Å². The van der Waals surface area contributed by atoms with E-state index in [1.54, 1.807) is 18.2 Å². The van der Waals surface area contributed by atoms with Crippen molar-refractivity contribution in [3.8, 4) is 0 Å². The predicted molar refractivity (Wildman–Crippen MR) is 79.0 cm³/mol. The Balaban J connectivity index is 2.26. The van der Waals surface area contributed by atoms with E-state index in [1.807, 2.05) is 6.92 Å². The van der Waals surface area contributed by atoms with Crippen molar-refractivity contribution in [3.63, 3.8) is 0 Å². The molecule has 2 rings (SSSR count). The molecule has 2 aromatic rings. The second-order valence-corrected chi connectivity index (χ2v) is 5.53. The third-order valence-electron chi connectivity index (χ3n) is 3.23. The predicted octanol–water partition coefficient (Wildman–Crippen LogP) is 3.78. The molecule has 0 fully saturated rings. The van der Waals surface area contributed by atoms with Gasteiger partial charge in [0.15, 0.2) is 0 Å². The topological polar surface area (TPSA) is 38.0 Å². The zero-order valence-corrected chi connectivity index (χ0v) is 12.5. The molecule has 5 heteroatoms. The van der Waals surface area contributed by atoms with Gasteiger partial charge in [-0.3, -0.25) is 11.3 Å². The van der Waals surface area contributed by atoms with Crippen molar-refractivity contribution in [1.82, 2.24) is 5.43 Å². The molecule has 0 aromatic heterocycles. The average Bonchev–Trinajstić information content (AvgIpc) is 2.41. The maximum atomic E-state index is 13.2. The summed E-state index contributed by atoms with van der Waals surface area (Å²) in [5.74, 6) is 5.02. The third-order valence-corrected chi connectivity index (χ3v) is 3.84. The largest absolute Gasteiger partial charge is 0.271 e. The molecule has 0 saturated heterocycles. The highest BCUT2D eigenvalue weighted by atomic mass is 79.9. The molecule has 0 heterocycles. The number of nitrogens with one attached hydrogen (secondary N) is 1. The Labute approximate surface area is 125 Å². The molecule has 0 aliphatic heterocycles. The fraction of sp³-hybridized carbons (Fsp3) is 0.200. The summed E-state index contributed by atoms with van der Waals surface area (Å²) in [6, 6.07) is 9.28. The van der Waals surface area contributed by atoms with Crippen molar-refractivity contribution in [1.29, 1.82) is 0 Å². The van der Waals surface area contributed by atoms with Gasteiger partial charge in [-0.1, -0.05) is 12.1 Å². The standard InChI is InChI=1S/C15H15BrF2N2/c1-9-6-11(17)3-4-12(9)15(20-19)8-10-2-5-14(18)13(16)7-10/h2-7,15,20H,8,19H2,1H3. The molecule has 1 atom stereocenters. The molecule has 2 nitrogen and oxygen atoms in total. The minimum atomic E-state index is -0.302. The number of benzene rings is 2. The van der Waals surface area contributed by atoms with Crippen LogP contribution in [0.3, 0.4) is 0 Å². The van der Waals surface area contributed by atoms with Crippen molar-refractivity contribution in [2.24, 2.45) is 5.84 Å². The number of rotatable bonds is 4. The normalized spacial score (nSPS) is 12.4. The lowest BCUT2D eigenvalue weighted by Gasteiger charge is -2.19. The molecule has 0 aliphatic carbocycles. The molecule has 2 aromatic carbocycles. The molecule has 20 heavy (non-hydrogen) atoms. The Morgan fingerprint density at radius 2 is 1.95 bits per heavy atom. The highest BCUT2D eigenvalue weighted by Gasteiger charge is 2.14. The average molecular weight is 341 g/mol. The van der Waals surface area contributed by atoms with Crippen molar-refractivity contribution in [3.05, 3.63) is 69.2 Å². The molecule has 3 N–H and O–H groups in total. The number of halogens is 3. The summed E-state index contributed by atoms with van der Waals surface area (Å²) >= 11 is 3.16. The van der Waals surface area contributed by atoms with E-state index < -0.39 is 0 Å². The Bertz CT molecular complexity index is 617. The summed E-state index contributed by atoms with van der Waals surface area (Å²) in [7, 11) is 0. The van der Waals surface area contributed by atoms with Crippen molar-refractivity contribution < 1.29 is 8.78 Å². The summed E-state index contributed by atoms with van der Waals surface area (Å²) in [6.07, 6.45) is 0.585. The summed E-state index contributed by atoms with van der Waals surface area (Å²) < 4.78 is 26.8. The van der Waals surface area contributed by atoms with E-state index in [1.165, 1.54) is 18.2 Å². The van der Waals surface area contributed by atoms with Crippen LogP contribution in [0.5, 0.6) is 0 Å². The Morgan fingerprint density at radius 3 is 2.55 bits per heavy atom. The molecule has 0 spiro atoms. The van der Waals surface area contributed by atoms with Crippen LogP contribution in [0.4, 0.5) is 8.78 Å². The zero-order valence-electron chi connectivity index (χ0n) is 11.0. The van der Waals surface area contributed by atoms with Crippen LogP contribution in [0.25, 0.3) is 0 Å². The second-order valence-electron chi connectivity index (χ2n) is 4.67. The third kappa shape index (κ3) is 3.42. The molecule has 0 saturated carbocycles. The molecule has 0 amide bonds. The number of hydrazine groups is 1. The first kappa shape index (κ1) is 15.1. The number of hydrogen-bond donors (Lipinski definition) is 2. The van der Waals surface area contributed by atoms with E-state index in [-0.39, 0.29) is 17.7 Å². The van der Waals surface area contributed by atoms with Gasteiger partial charge in [-0.05, 0) is 70.2 Å². The van der Waals surface area contributed by atoms with Crippen molar-refractivity contribution in [2.45, 2.75) is 19.4 Å². The van der Waals surface area contributed by atoms with E-state index in [9.17, 15) is 8.78 Å². The van der Waals surface area contributed by atoms with E-state index in [0.29, 0.717) is 10.9 Å². The Morgan fingerprint density at radius 1 is 1.20 bits per heavy atom. The van der Waals surface area contributed by atoms with Crippen LogP contribution in [0.15, 0.2) is 40.9 Å². The monoisotopic (exact) mass is 340 g/mol. The second kappa shape index (κ2) is 6.43. The van der Waals surface area contributed by atoms with Gasteiger partial charge in [0.1, 0.15) is 11.6 Å². The van der Waals surface area contributed by atoms with Crippen LogP contribution in [0, 0.1) is 18.6 Å². The number of nitrogens with two attached hydrogens (primary N) is 1. The lowest BCUT2D eigenvalue weighted by Crippen LogP contribution is -2.30. The van der Waals surface area contributed by atoms with Crippen LogP contribution in [0.1, 0.15) is 22.7 Å². The lowest BCUT2D eigenvalue weighted by molar-refractivity contribution is 0.545. The number of hydrogen-bond acceptors (Lipinski definition) is 2. The van der Waals surface area contributed by atoms with Gasteiger partial charge >= 0.3 is 0 Å². The van der Waals surface area contributed by atoms with Crippen molar-refractivity contribution in [2.75, 3.05) is 0 Å². The van der Waals surface area contributed by atoms with Gasteiger partial charge in [-0.2, -0.15) is 0 Å². The Hall–Kier alpha value is -1.30. The lowest BCUT2D eigenvalue weighted by atomic mass is 9.96. The minimum absolute atomic E-state index is 0.159. The van der Waals surface area contributed by atoms with Gasteiger partial charge in [0.2, 0.25) is 0 Å². The first-order valence-electron chi connectivity index (χ1n) is 6.17. The van der Waals surface area contributed by atoms with Crippen LogP contribution in [-0.2, 0) is 6.42 Å². The number of aryl methyl sites for hydroxylation is 1. The summed E-state index contributed by atoms with van der Waals surface area (Å²) in [6.45, 7) is 1.84. The summed E-state index contributed by atoms with van der Waals surface area (Å²) in [4.78, 5) is 0. The van der Waals surface area contributed by atoms with Crippen LogP contribution in [-0.4, -0.2) is 0 Å². The SMILES string of the molecule is Cc1cc(F)ccc1C(Cc1ccc(F)c(Br)c1)NN. The molecular formula is C15H15BrF2N2. The molecule has 0 radical (unpaired) electrons. The van der Waals surface area contributed by atoms with E-state index in [2.05, 4.69) is 21.4 Å². The highest BCUT2D eigenvalue weighted by molar-refractivity contribution is 9.10. The maximum Gasteiger partial charge on any atom is 0.137 e. The van der Waals surface area contributed by atoms with Gasteiger partial charge in [0, 0.05) is 0 Å². The van der Waals surface area contributed by atoms with Crippen LogP contribution >= 0.6 is 15.9 Å². The van der Waals surface area contributed by atoms with E-state index >= 15 is 0 Å². The van der Waals surface area contributed by atoms with Gasteiger partial charge in [-0.15, -0.1) is 0 Å². The fourth-order valence-electron chi connectivity index (χ4n) is 2.19. The molecule has 1 unspecified atom stereocenters. The smallest absolute Gasteiger partial charge is 0.137 e. The maximum absolute atomic E-state index is 13.2. The van der Waals surface area contributed by atoms with Crippen LogP contribution in [0.2, 0.25) is 0 Å². The van der Waals surface area contributed by atoms with Crippen LogP contribution < -0.4 is 11.3 Å². The van der Waals surface area contributed by atoms with E-state index in [0.717, 1.165) is 16.7 Å². The van der Waals surface area contributed by atoms with Gasteiger partial charge in [0.05, 0.1) is 10.5 Å². The summed E-state index contributed by atoms with van der Waals surface area (Å²) in [5, 5.41) is 0.